The van der Waals surface area contributed by atoms with Gasteiger partial charge in [-0.2, -0.15) is 0 Å². The van der Waals surface area contributed by atoms with Gasteiger partial charge in [-0.1, -0.05) is 78.1 Å². The molecule has 4 aliphatic carbocycles. The number of fused-ring (bicyclic) bond motifs is 2. The van der Waals surface area contributed by atoms with Gasteiger partial charge in [-0.3, -0.25) is 0 Å². The molecular formula is C27H48. The van der Waals surface area contributed by atoms with Crippen LogP contribution in [0, 0.1) is 40.9 Å². The van der Waals surface area contributed by atoms with Crippen molar-refractivity contribution in [1.82, 2.24) is 0 Å². The van der Waals surface area contributed by atoms with Gasteiger partial charge in [-0.15, -0.1) is 0 Å². The van der Waals surface area contributed by atoms with Gasteiger partial charge in [0.05, 0.1) is 0 Å². The Morgan fingerprint density at radius 1 is 0.556 bits per heavy atom. The molecule has 0 bridgehead atoms. The van der Waals surface area contributed by atoms with E-state index in [-0.39, 0.29) is 0 Å². The molecule has 0 aromatic heterocycles. The van der Waals surface area contributed by atoms with Crippen LogP contribution in [0.25, 0.3) is 0 Å². The summed E-state index contributed by atoms with van der Waals surface area (Å²) in [7, 11) is 0. The van der Waals surface area contributed by atoms with Crippen molar-refractivity contribution in [1.29, 1.82) is 0 Å². The summed E-state index contributed by atoms with van der Waals surface area (Å²) in [5, 5.41) is 0. The van der Waals surface area contributed by atoms with E-state index >= 15 is 0 Å². The molecule has 4 saturated carbocycles. The minimum atomic E-state index is 0.736. The highest BCUT2D eigenvalue weighted by atomic mass is 14.6. The molecule has 6 atom stereocenters. The van der Waals surface area contributed by atoms with Crippen molar-refractivity contribution in [2.24, 2.45) is 40.9 Å². The van der Waals surface area contributed by atoms with E-state index < -0.39 is 0 Å². The molecule has 6 unspecified atom stereocenters. The second-order valence-corrected chi connectivity index (χ2v) is 11.2. The third-order valence-electron chi connectivity index (χ3n) is 10.1. The molecule has 27 heavy (non-hydrogen) atoms. The van der Waals surface area contributed by atoms with Crippen LogP contribution in [0.3, 0.4) is 0 Å². The van der Waals surface area contributed by atoms with Gasteiger partial charge in [-0.25, -0.2) is 0 Å². The average molecular weight is 373 g/mol. The first-order valence-electron chi connectivity index (χ1n) is 13.3. The second-order valence-electron chi connectivity index (χ2n) is 11.2. The maximum absolute atomic E-state index is 2.45. The van der Waals surface area contributed by atoms with Gasteiger partial charge in [0.15, 0.2) is 0 Å². The Morgan fingerprint density at radius 2 is 1.00 bits per heavy atom. The quantitative estimate of drug-likeness (QED) is 0.399. The van der Waals surface area contributed by atoms with Gasteiger partial charge in [-0.05, 0) is 92.3 Å². The summed E-state index contributed by atoms with van der Waals surface area (Å²) in [4.78, 5) is 0. The Morgan fingerprint density at radius 3 is 1.44 bits per heavy atom. The predicted octanol–water partition coefficient (Wildman–Crippen LogP) is 8.79. The van der Waals surface area contributed by atoms with Crippen molar-refractivity contribution >= 4 is 0 Å². The molecule has 4 aliphatic rings. The van der Waals surface area contributed by atoms with Gasteiger partial charge in [0.25, 0.3) is 0 Å². The number of rotatable bonds is 8. The van der Waals surface area contributed by atoms with Crippen LogP contribution in [0.5, 0.6) is 0 Å². The fraction of sp³-hybridized carbons (Fsp3) is 1.00. The fourth-order valence-corrected chi connectivity index (χ4v) is 9.05. The zero-order chi connectivity index (χ0) is 18.7. The van der Waals surface area contributed by atoms with E-state index in [9.17, 15) is 0 Å². The van der Waals surface area contributed by atoms with Crippen molar-refractivity contribution in [3.8, 4) is 0 Å². The zero-order valence-corrected chi connectivity index (χ0v) is 18.7. The van der Waals surface area contributed by atoms with Gasteiger partial charge < -0.3 is 0 Å². The molecule has 0 spiro atoms. The van der Waals surface area contributed by atoms with Gasteiger partial charge >= 0.3 is 0 Å². The van der Waals surface area contributed by atoms with Crippen molar-refractivity contribution in [3.63, 3.8) is 0 Å². The molecule has 0 nitrogen and oxygen atoms in total. The molecule has 0 heterocycles. The normalized spacial score (nSPS) is 39.3. The van der Waals surface area contributed by atoms with Crippen LogP contribution in [0.15, 0.2) is 0 Å². The molecule has 156 valence electrons. The molecule has 0 amide bonds. The van der Waals surface area contributed by atoms with Crippen LogP contribution < -0.4 is 0 Å². The summed E-state index contributed by atoms with van der Waals surface area (Å²) in [6, 6.07) is 0. The third kappa shape index (κ3) is 3.90. The maximum Gasteiger partial charge on any atom is -0.0235 e. The summed E-state index contributed by atoms with van der Waals surface area (Å²) in [5.41, 5.74) is 0.736. The summed E-state index contributed by atoms with van der Waals surface area (Å²) in [6.45, 7) is 4.89. The predicted molar refractivity (Wildman–Crippen MR) is 118 cm³/mol. The van der Waals surface area contributed by atoms with Crippen LogP contribution in [-0.4, -0.2) is 0 Å². The molecule has 0 N–H and O–H groups in total. The van der Waals surface area contributed by atoms with E-state index in [0.29, 0.717) is 0 Å². The minimum absolute atomic E-state index is 0.736. The largest absolute Gasteiger partial charge is 0.0654 e. The first-order valence-corrected chi connectivity index (χ1v) is 13.3. The van der Waals surface area contributed by atoms with Crippen LogP contribution in [0.1, 0.15) is 129 Å². The van der Waals surface area contributed by atoms with Crippen molar-refractivity contribution in [3.05, 3.63) is 0 Å². The van der Waals surface area contributed by atoms with E-state index in [1.165, 1.54) is 25.7 Å². The van der Waals surface area contributed by atoms with E-state index in [1.807, 2.05) is 0 Å². The first-order chi connectivity index (χ1) is 13.3. The van der Waals surface area contributed by atoms with Crippen molar-refractivity contribution in [2.75, 3.05) is 0 Å². The summed E-state index contributed by atoms with van der Waals surface area (Å²) in [5.74, 6) is 6.69. The average Bonchev–Trinajstić information content (AvgIpc) is 3.34. The standard InChI is InChI=1S/C27H48/c1-3-5-19-27(20-6-4-2,25-17-15-21-11-7-9-13-23(21)25)26-18-16-22-12-8-10-14-24(22)26/h21-26H,3-20H2,1-2H3. The van der Waals surface area contributed by atoms with Gasteiger partial charge in [0.2, 0.25) is 0 Å². The second kappa shape index (κ2) is 9.21. The lowest BCUT2D eigenvalue weighted by Crippen LogP contribution is -2.44. The number of hydrogen-bond donors (Lipinski definition) is 0. The molecule has 4 rings (SSSR count). The van der Waals surface area contributed by atoms with Crippen LogP contribution in [-0.2, 0) is 0 Å². The zero-order valence-electron chi connectivity index (χ0n) is 18.7. The van der Waals surface area contributed by atoms with E-state index in [4.69, 9.17) is 0 Å². The molecule has 0 aromatic rings. The molecule has 4 fully saturated rings. The highest BCUT2D eigenvalue weighted by Crippen LogP contribution is 2.64. The molecule has 0 heteroatoms. The Balaban J connectivity index is 1.64. The number of hydrogen-bond acceptors (Lipinski definition) is 0. The molecule has 0 saturated heterocycles. The van der Waals surface area contributed by atoms with Crippen LogP contribution >= 0.6 is 0 Å². The third-order valence-corrected chi connectivity index (χ3v) is 10.1. The Labute approximate surface area is 170 Å². The number of unbranched alkanes of at least 4 members (excludes halogenated alkanes) is 2. The molecule has 0 aliphatic heterocycles. The van der Waals surface area contributed by atoms with Crippen LogP contribution in [0.2, 0.25) is 0 Å². The Bertz CT molecular complexity index is 409. The SMILES string of the molecule is CCCCC(CCCC)(C1CCC2CCCCC21)C1CCC2CCCCC21. The maximum atomic E-state index is 2.45. The van der Waals surface area contributed by atoms with E-state index in [0.717, 1.165) is 40.9 Å². The molecule has 0 aromatic carbocycles. The van der Waals surface area contributed by atoms with Gasteiger partial charge in [0.1, 0.15) is 0 Å². The molecular weight excluding hydrogens is 324 g/mol. The highest BCUT2D eigenvalue weighted by molar-refractivity contribution is 5.05. The summed E-state index contributed by atoms with van der Waals surface area (Å²) in [6.07, 6.45) is 27.9. The van der Waals surface area contributed by atoms with Crippen LogP contribution in [0.4, 0.5) is 0 Å². The topological polar surface area (TPSA) is 0 Å². The first kappa shape index (κ1) is 20.3. The Hall–Kier alpha value is 0. The van der Waals surface area contributed by atoms with Crippen molar-refractivity contribution in [2.45, 2.75) is 129 Å². The van der Waals surface area contributed by atoms with Crippen molar-refractivity contribution < 1.29 is 0 Å². The minimum Gasteiger partial charge on any atom is -0.0654 e. The highest BCUT2D eigenvalue weighted by Gasteiger charge is 2.55. The van der Waals surface area contributed by atoms with Gasteiger partial charge in [0, 0.05) is 0 Å². The summed E-state index contributed by atoms with van der Waals surface area (Å²) < 4.78 is 0. The lowest BCUT2D eigenvalue weighted by Gasteiger charge is -2.51. The Kier molecular flexibility index (Phi) is 6.92. The smallest absolute Gasteiger partial charge is 0.0235 e. The van der Waals surface area contributed by atoms with E-state index in [1.54, 1.807) is 89.9 Å². The summed E-state index contributed by atoms with van der Waals surface area (Å²) >= 11 is 0. The monoisotopic (exact) mass is 372 g/mol. The fourth-order valence-electron chi connectivity index (χ4n) is 9.05. The van der Waals surface area contributed by atoms with E-state index in [2.05, 4.69) is 13.8 Å². The molecule has 0 radical (unpaired) electrons. The lowest BCUT2D eigenvalue weighted by molar-refractivity contribution is -0.0228. The lowest BCUT2D eigenvalue weighted by atomic mass is 9.54.